The normalized spacial score (nSPS) is 11.0. The number of anilines is 2. The first-order valence-corrected chi connectivity index (χ1v) is 10.4. The maximum atomic E-state index is 13.0. The molecule has 0 saturated carbocycles. The number of methoxy groups -OCH3 is 1. The van der Waals surface area contributed by atoms with Crippen molar-refractivity contribution in [1.29, 1.82) is 0 Å². The third-order valence-electron chi connectivity index (χ3n) is 4.40. The van der Waals surface area contributed by atoms with Gasteiger partial charge in [-0.3, -0.25) is 9.52 Å². The van der Waals surface area contributed by atoms with Crippen LogP contribution in [0.3, 0.4) is 0 Å². The molecule has 2 N–H and O–H groups in total. The SMILES string of the molecule is COc1ccccc1NS(=O)(=O)c1cc(NC(=O)c2ccc(C)cc2)ccc1C. The van der Waals surface area contributed by atoms with Gasteiger partial charge in [-0.1, -0.05) is 35.9 Å². The molecule has 0 atom stereocenters. The average molecular weight is 410 g/mol. The summed E-state index contributed by atoms with van der Waals surface area (Å²) in [5.74, 6) is 0.104. The molecule has 0 saturated heterocycles. The van der Waals surface area contributed by atoms with Gasteiger partial charge in [0.15, 0.2) is 0 Å². The van der Waals surface area contributed by atoms with Crippen LogP contribution in [0.2, 0.25) is 0 Å². The minimum absolute atomic E-state index is 0.0742. The zero-order valence-corrected chi connectivity index (χ0v) is 17.2. The standard InChI is InChI=1S/C22H22N2O4S/c1-15-8-11-17(12-9-15)22(25)23-18-13-10-16(2)21(14-18)29(26,27)24-19-6-4-5-7-20(19)28-3/h4-14,24H,1-3H3,(H,23,25). The summed E-state index contributed by atoms with van der Waals surface area (Å²) in [6, 6.07) is 18.7. The quantitative estimate of drug-likeness (QED) is 0.632. The van der Waals surface area contributed by atoms with E-state index in [-0.39, 0.29) is 10.8 Å². The van der Waals surface area contributed by atoms with Crippen molar-refractivity contribution in [3.8, 4) is 5.75 Å². The number of carbonyl (C=O) groups excluding carboxylic acids is 1. The van der Waals surface area contributed by atoms with Gasteiger partial charge in [-0.05, 0) is 55.8 Å². The molecule has 7 heteroatoms. The van der Waals surface area contributed by atoms with E-state index >= 15 is 0 Å². The lowest BCUT2D eigenvalue weighted by Crippen LogP contribution is -2.16. The van der Waals surface area contributed by atoms with Gasteiger partial charge < -0.3 is 10.1 Å². The Hall–Kier alpha value is -3.32. The van der Waals surface area contributed by atoms with Crippen LogP contribution in [0.1, 0.15) is 21.5 Å². The van der Waals surface area contributed by atoms with Crippen LogP contribution >= 0.6 is 0 Å². The molecule has 3 aromatic rings. The molecule has 0 aromatic heterocycles. The molecule has 0 radical (unpaired) electrons. The number of hydrogen-bond acceptors (Lipinski definition) is 4. The van der Waals surface area contributed by atoms with E-state index in [1.165, 1.54) is 13.2 Å². The van der Waals surface area contributed by atoms with Crippen molar-refractivity contribution in [3.05, 3.63) is 83.4 Å². The van der Waals surface area contributed by atoms with Crippen LogP contribution in [0.5, 0.6) is 5.75 Å². The maximum absolute atomic E-state index is 13.0. The molecule has 0 unspecified atom stereocenters. The summed E-state index contributed by atoms with van der Waals surface area (Å²) < 4.78 is 33.7. The van der Waals surface area contributed by atoms with Crippen LogP contribution < -0.4 is 14.8 Å². The summed E-state index contributed by atoms with van der Waals surface area (Å²) in [5.41, 5.74) is 2.83. The van der Waals surface area contributed by atoms with Gasteiger partial charge in [0.25, 0.3) is 15.9 Å². The predicted molar refractivity (Wildman–Crippen MR) is 114 cm³/mol. The third-order valence-corrected chi connectivity index (χ3v) is 5.91. The van der Waals surface area contributed by atoms with Crippen molar-refractivity contribution in [2.45, 2.75) is 18.7 Å². The zero-order valence-electron chi connectivity index (χ0n) is 16.4. The van der Waals surface area contributed by atoms with Crippen LogP contribution in [0.4, 0.5) is 11.4 Å². The molecule has 29 heavy (non-hydrogen) atoms. The highest BCUT2D eigenvalue weighted by atomic mass is 32.2. The topological polar surface area (TPSA) is 84.5 Å². The van der Waals surface area contributed by atoms with E-state index in [9.17, 15) is 13.2 Å². The zero-order chi connectivity index (χ0) is 21.0. The van der Waals surface area contributed by atoms with Gasteiger partial charge in [0, 0.05) is 11.3 Å². The van der Waals surface area contributed by atoms with E-state index in [2.05, 4.69) is 10.0 Å². The average Bonchev–Trinajstić information content (AvgIpc) is 2.70. The molecule has 0 spiro atoms. The molecule has 0 aliphatic rings. The van der Waals surface area contributed by atoms with Crippen LogP contribution in [0.15, 0.2) is 71.6 Å². The fourth-order valence-corrected chi connectivity index (χ4v) is 4.15. The molecule has 0 heterocycles. The monoisotopic (exact) mass is 410 g/mol. The second-order valence-electron chi connectivity index (χ2n) is 6.61. The second kappa shape index (κ2) is 8.36. The van der Waals surface area contributed by atoms with Crippen molar-refractivity contribution < 1.29 is 17.9 Å². The van der Waals surface area contributed by atoms with E-state index in [1.54, 1.807) is 55.5 Å². The maximum Gasteiger partial charge on any atom is 0.262 e. The van der Waals surface area contributed by atoms with Gasteiger partial charge in [-0.25, -0.2) is 8.42 Å². The summed E-state index contributed by atoms with van der Waals surface area (Å²) in [4.78, 5) is 12.5. The number of hydrogen-bond donors (Lipinski definition) is 2. The number of aryl methyl sites for hydroxylation is 2. The number of carbonyl (C=O) groups is 1. The van der Waals surface area contributed by atoms with Gasteiger partial charge in [-0.2, -0.15) is 0 Å². The van der Waals surface area contributed by atoms with E-state index in [4.69, 9.17) is 4.74 Å². The Morgan fingerprint density at radius 3 is 2.31 bits per heavy atom. The summed E-state index contributed by atoms with van der Waals surface area (Å²) in [6.45, 7) is 3.63. The lowest BCUT2D eigenvalue weighted by molar-refractivity contribution is 0.102. The lowest BCUT2D eigenvalue weighted by Gasteiger charge is -2.14. The molecule has 3 aromatic carbocycles. The molecule has 0 aliphatic carbocycles. The fraction of sp³-hybridized carbons (Fsp3) is 0.136. The van der Waals surface area contributed by atoms with Crippen LogP contribution in [-0.4, -0.2) is 21.4 Å². The smallest absolute Gasteiger partial charge is 0.262 e. The number of para-hydroxylation sites is 2. The van der Waals surface area contributed by atoms with E-state index in [0.717, 1.165) is 5.56 Å². The van der Waals surface area contributed by atoms with Crippen LogP contribution in [-0.2, 0) is 10.0 Å². The number of benzene rings is 3. The molecular formula is C22H22N2O4S. The molecule has 0 fully saturated rings. The minimum Gasteiger partial charge on any atom is -0.495 e. The Kier molecular flexibility index (Phi) is 5.89. The predicted octanol–water partition coefficient (Wildman–Crippen LogP) is 4.37. The Labute approximate surface area is 170 Å². The third kappa shape index (κ3) is 4.75. The Morgan fingerprint density at radius 2 is 1.62 bits per heavy atom. The van der Waals surface area contributed by atoms with Crippen molar-refractivity contribution in [3.63, 3.8) is 0 Å². The molecular weight excluding hydrogens is 388 g/mol. The first kappa shape index (κ1) is 20.4. The van der Waals surface area contributed by atoms with Gasteiger partial charge in [0.1, 0.15) is 5.75 Å². The number of rotatable bonds is 6. The lowest BCUT2D eigenvalue weighted by atomic mass is 10.1. The van der Waals surface area contributed by atoms with Crippen LogP contribution in [0, 0.1) is 13.8 Å². The minimum atomic E-state index is -3.89. The summed E-state index contributed by atoms with van der Waals surface area (Å²) in [5, 5.41) is 2.75. The largest absolute Gasteiger partial charge is 0.495 e. The Morgan fingerprint density at radius 1 is 0.931 bits per heavy atom. The highest BCUT2D eigenvalue weighted by Gasteiger charge is 2.20. The van der Waals surface area contributed by atoms with Gasteiger partial charge in [-0.15, -0.1) is 0 Å². The van der Waals surface area contributed by atoms with Crippen molar-refractivity contribution in [2.24, 2.45) is 0 Å². The van der Waals surface area contributed by atoms with E-state index < -0.39 is 10.0 Å². The highest BCUT2D eigenvalue weighted by molar-refractivity contribution is 7.92. The summed E-state index contributed by atoms with van der Waals surface area (Å²) >= 11 is 0. The number of amides is 1. The van der Waals surface area contributed by atoms with Crippen LogP contribution in [0.25, 0.3) is 0 Å². The Bertz CT molecular complexity index is 1140. The van der Waals surface area contributed by atoms with Gasteiger partial charge >= 0.3 is 0 Å². The van der Waals surface area contributed by atoms with Crippen molar-refractivity contribution in [2.75, 3.05) is 17.1 Å². The fourth-order valence-electron chi connectivity index (χ4n) is 2.80. The van der Waals surface area contributed by atoms with E-state index in [0.29, 0.717) is 28.3 Å². The number of nitrogens with one attached hydrogen (secondary N) is 2. The molecule has 1 amide bonds. The summed E-state index contributed by atoms with van der Waals surface area (Å²) in [6.07, 6.45) is 0. The van der Waals surface area contributed by atoms with Crippen molar-refractivity contribution in [1.82, 2.24) is 0 Å². The molecule has 3 rings (SSSR count). The first-order chi connectivity index (χ1) is 13.8. The van der Waals surface area contributed by atoms with Gasteiger partial charge in [0.2, 0.25) is 0 Å². The Balaban J connectivity index is 1.88. The van der Waals surface area contributed by atoms with Crippen molar-refractivity contribution >= 4 is 27.3 Å². The number of ether oxygens (including phenoxy) is 1. The number of sulfonamides is 1. The first-order valence-electron chi connectivity index (χ1n) is 8.94. The molecule has 0 bridgehead atoms. The highest BCUT2D eigenvalue weighted by Crippen LogP contribution is 2.28. The summed E-state index contributed by atoms with van der Waals surface area (Å²) in [7, 11) is -2.41. The second-order valence-corrected chi connectivity index (χ2v) is 8.26. The van der Waals surface area contributed by atoms with E-state index in [1.807, 2.05) is 19.1 Å². The molecule has 6 nitrogen and oxygen atoms in total. The molecule has 0 aliphatic heterocycles. The van der Waals surface area contributed by atoms with Gasteiger partial charge in [0.05, 0.1) is 17.7 Å². The molecule has 150 valence electrons.